The third-order valence-corrected chi connectivity index (χ3v) is 6.15. The number of phenols is 3. The summed E-state index contributed by atoms with van der Waals surface area (Å²) in [5.74, 6) is 0.342. The van der Waals surface area contributed by atoms with Gasteiger partial charge >= 0.3 is 0 Å². The van der Waals surface area contributed by atoms with Gasteiger partial charge in [-0.3, -0.25) is 4.79 Å². The number of fused-ring (bicyclic) bond motifs is 1. The molecular formula is C28H34O6. The topological polar surface area (TPSA) is 96.2 Å². The first kappa shape index (κ1) is 25.2. The van der Waals surface area contributed by atoms with Gasteiger partial charge in [0.15, 0.2) is 5.78 Å². The van der Waals surface area contributed by atoms with Gasteiger partial charge in [0.2, 0.25) is 0 Å². The second-order valence-corrected chi connectivity index (χ2v) is 9.34. The highest BCUT2D eigenvalue weighted by atomic mass is 16.5. The lowest BCUT2D eigenvalue weighted by molar-refractivity contribution is 0.0838. The van der Waals surface area contributed by atoms with Crippen LogP contribution < -0.4 is 9.47 Å². The van der Waals surface area contributed by atoms with Crippen LogP contribution in [0.5, 0.6) is 28.7 Å². The van der Waals surface area contributed by atoms with Crippen molar-refractivity contribution in [1.82, 2.24) is 0 Å². The van der Waals surface area contributed by atoms with Gasteiger partial charge in [-0.05, 0) is 64.5 Å². The summed E-state index contributed by atoms with van der Waals surface area (Å²) in [5.41, 5.74) is 3.58. The fraction of sp³-hybridized carbons (Fsp3) is 0.393. The third kappa shape index (κ3) is 5.74. The maximum Gasteiger partial charge on any atom is 0.174 e. The van der Waals surface area contributed by atoms with E-state index in [9.17, 15) is 20.1 Å². The maximum atomic E-state index is 13.2. The van der Waals surface area contributed by atoms with Crippen LogP contribution in [-0.2, 0) is 6.42 Å². The van der Waals surface area contributed by atoms with Crippen LogP contribution in [0.15, 0.2) is 48.1 Å². The zero-order valence-corrected chi connectivity index (χ0v) is 20.4. The van der Waals surface area contributed by atoms with Gasteiger partial charge in [-0.1, -0.05) is 17.2 Å². The number of Topliss-reactive ketones (excluding diaryl/α,β-unsaturated/α-hetero) is 1. The van der Waals surface area contributed by atoms with Crippen molar-refractivity contribution in [3.05, 3.63) is 64.8 Å². The molecule has 6 nitrogen and oxygen atoms in total. The number of carbonyl (C=O) groups is 1. The molecule has 0 radical (unpaired) electrons. The van der Waals surface area contributed by atoms with Gasteiger partial charge in [-0.15, -0.1) is 6.58 Å². The molecule has 1 heterocycles. The monoisotopic (exact) mass is 466 g/mol. The van der Waals surface area contributed by atoms with Gasteiger partial charge in [0.1, 0.15) is 40.4 Å². The van der Waals surface area contributed by atoms with Crippen LogP contribution in [0.2, 0.25) is 0 Å². The van der Waals surface area contributed by atoms with Crippen molar-refractivity contribution < 1.29 is 29.6 Å². The van der Waals surface area contributed by atoms with Gasteiger partial charge in [-0.25, -0.2) is 0 Å². The molecule has 0 fully saturated rings. The van der Waals surface area contributed by atoms with E-state index in [1.54, 1.807) is 0 Å². The Morgan fingerprint density at radius 1 is 1.21 bits per heavy atom. The molecule has 3 N–H and O–H groups in total. The van der Waals surface area contributed by atoms with Crippen LogP contribution in [0.3, 0.4) is 0 Å². The zero-order valence-electron chi connectivity index (χ0n) is 20.4. The first-order valence-electron chi connectivity index (χ1n) is 11.5. The van der Waals surface area contributed by atoms with Crippen molar-refractivity contribution in [2.45, 2.75) is 59.0 Å². The smallest absolute Gasteiger partial charge is 0.174 e. The van der Waals surface area contributed by atoms with E-state index in [1.165, 1.54) is 36.9 Å². The van der Waals surface area contributed by atoms with Crippen LogP contribution in [0.4, 0.5) is 0 Å². The number of ether oxygens (including phenoxy) is 2. The molecule has 0 bridgehead atoms. The third-order valence-electron chi connectivity index (χ3n) is 6.15. The van der Waals surface area contributed by atoms with E-state index in [4.69, 9.17) is 9.47 Å². The van der Waals surface area contributed by atoms with Crippen molar-refractivity contribution in [2.75, 3.05) is 7.11 Å². The van der Waals surface area contributed by atoms with Crippen molar-refractivity contribution in [3.63, 3.8) is 0 Å². The van der Waals surface area contributed by atoms with E-state index < -0.39 is 6.10 Å². The number of methoxy groups -OCH3 is 1. The molecule has 2 atom stereocenters. The molecule has 0 saturated heterocycles. The van der Waals surface area contributed by atoms with Gasteiger partial charge in [-0.2, -0.15) is 0 Å². The molecule has 0 saturated carbocycles. The van der Waals surface area contributed by atoms with E-state index >= 15 is 0 Å². The lowest BCUT2D eigenvalue weighted by atomic mass is 9.86. The predicted molar refractivity (Wildman–Crippen MR) is 132 cm³/mol. The molecule has 1 aliphatic heterocycles. The summed E-state index contributed by atoms with van der Waals surface area (Å²) in [6.45, 7) is 10.1. The average molecular weight is 467 g/mol. The molecule has 0 amide bonds. The fourth-order valence-corrected chi connectivity index (χ4v) is 4.29. The van der Waals surface area contributed by atoms with Gasteiger partial charge in [0.25, 0.3) is 0 Å². The first-order chi connectivity index (χ1) is 16.1. The molecule has 6 heteroatoms. The van der Waals surface area contributed by atoms with Crippen molar-refractivity contribution in [1.29, 1.82) is 0 Å². The normalized spacial score (nSPS) is 15.8. The predicted octanol–water partition coefficient (Wildman–Crippen LogP) is 6.39. The highest BCUT2D eigenvalue weighted by Gasteiger charge is 2.35. The molecule has 2 aromatic carbocycles. The largest absolute Gasteiger partial charge is 0.508 e. The Morgan fingerprint density at radius 3 is 2.56 bits per heavy atom. The lowest BCUT2D eigenvalue weighted by Gasteiger charge is -2.30. The summed E-state index contributed by atoms with van der Waals surface area (Å²) in [5, 5.41) is 30.9. The number of rotatable bonds is 9. The Morgan fingerprint density at radius 2 is 1.94 bits per heavy atom. The quantitative estimate of drug-likeness (QED) is 0.371. The highest BCUT2D eigenvalue weighted by Crippen LogP contribution is 2.48. The number of carbonyl (C=O) groups excluding carboxylic acids is 1. The van der Waals surface area contributed by atoms with E-state index in [0.29, 0.717) is 28.9 Å². The minimum atomic E-state index is -0.752. The first-order valence-corrected chi connectivity index (χ1v) is 11.5. The number of hydrogen-bond donors (Lipinski definition) is 3. The van der Waals surface area contributed by atoms with Gasteiger partial charge < -0.3 is 24.8 Å². The molecule has 182 valence electrons. The average Bonchev–Trinajstić information content (AvgIpc) is 2.76. The molecule has 2 aromatic rings. The molecular weight excluding hydrogens is 432 g/mol. The number of aromatic hydroxyl groups is 3. The Kier molecular flexibility index (Phi) is 7.92. The van der Waals surface area contributed by atoms with Gasteiger partial charge in [0, 0.05) is 23.3 Å². The summed E-state index contributed by atoms with van der Waals surface area (Å²) in [7, 11) is 1.45. The van der Waals surface area contributed by atoms with E-state index in [-0.39, 0.29) is 41.1 Å². The minimum absolute atomic E-state index is 0.00274. The molecule has 34 heavy (non-hydrogen) atoms. The number of hydrogen-bond acceptors (Lipinski definition) is 6. The second-order valence-electron chi connectivity index (χ2n) is 9.34. The van der Waals surface area contributed by atoms with E-state index in [1.807, 2.05) is 6.92 Å². The van der Waals surface area contributed by atoms with Crippen molar-refractivity contribution >= 4 is 5.78 Å². The minimum Gasteiger partial charge on any atom is -0.508 e. The molecule has 0 aliphatic carbocycles. The summed E-state index contributed by atoms with van der Waals surface area (Å²) in [6.07, 6.45) is 4.52. The number of phenolic OH excluding ortho intramolecular Hbond substituents is 3. The molecule has 0 aromatic heterocycles. The van der Waals surface area contributed by atoms with Crippen LogP contribution in [0.25, 0.3) is 0 Å². The lowest BCUT2D eigenvalue weighted by Crippen LogP contribution is -2.23. The number of benzene rings is 2. The number of allylic oxidation sites excluding steroid dienone is 3. The van der Waals surface area contributed by atoms with Crippen LogP contribution in [0.1, 0.15) is 74.0 Å². The second kappa shape index (κ2) is 10.7. The summed E-state index contributed by atoms with van der Waals surface area (Å²) < 4.78 is 11.7. The maximum absolute atomic E-state index is 13.2. The van der Waals surface area contributed by atoms with E-state index in [0.717, 1.165) is 24.8 Å². The standard InChI is InChI=1S/C28H34O6/c1-16(2)6-8-18(9-7-17(3)4)12-21-23(31)14-26(33-5)27-24(32)15-25(34-28(21)27)20-11-10-19(29)13-22(20)30/h7,10-11,13-14,18,25,29-31H,1,6,8-9,12,15H2,2-5H3/t18?,25-/m0/s1. The van der Waals surface area contributed by atoms with E-state index in [2.05, 4.69) is 26.5 Å². The van der Waals surface area contributed by atoms with Crippen molar-refractivity contribution in [2.24, 2.45) is 5.92 Å². The Hall–Kier alpha value is -3.41. The van der Waals surface area contributed by atoms with Crippen LogP contribution >= 0.6 is 0 Å². The Labute approximate surface area is 201 Å². The summed E-state index contributed by atoms with van der Waals surface area (Å²) >= 11 is 0. The Bertz CT molecular complexity index is 1110. The molecule has 1 aliphatic rings. The molecule has 1 unspecified atom stereocenters. The number of ketones is 1. The van der Waals surface area contributed by atoms with Gasteiger partial charge in [0.05, 0.1) is 13.5 Å². The zero-order chi connectivity index (χ0) is 25.0. The molecule has 3 rings (SSSR count). The molecule has 0 spiro atoms. The SMILES string of the molecule is C=C(C)CCC(CC=C(C)C)Cc1c(O)cc(OC)c2c1O[C@H](c1ccc(O)cc1O)CC2=O. The highest BCUT2D eigenvalue weighted by molar-refractivity contribution is 6.03. The van der Waals surface area contributed by atoms with Crippen LogP contribution in [0, 0.1) is 5.92 Å². The summed E-state index contributed by atoms with van der Waals surface area (Å²) in [6, 6.07) is 5.67. The van der Waals surface area contributed by atoms with Crippen LogP contribution in [-0.4, -0.2) is 28.2 Å². The Balaban J connectivity index is 2.05. The summed E-state index contributed by atoms with van der Waals surface area (Å²) in [4.78, 5) is 13.2. The fourth-order valence-electron chi connectivity index (χ4n) is 4.29. The van der Waals surface area contributed by atoms with Crippen molar-refractivity contribution in [3.8, 4) is 28.7 Å².